The lowest BCUT2D eigenvalue weighted by Gasteiger charge is -2.29. The Balaban J connectivity index is 1.73. The summed E-state index contributed by atoms with van der Waals surface area (Å²) >= 11 is 6.08. The van der Waals surface area contributed by atoms with Gasteiger partial charge in [0.15, 0.2) is 5.78 Å². The highest BCUT2D eigenvalue weighted by Crippen LogP contribution is 2.24. The van der Waals surface area contributed by atoms with Gasteiger partial charge in [0.25, 0.3) is 0 Å². The highest BCUT2D eigenvalue weighted by Gasteiger charge is 2.28. The van der Waals surface area contributed by atoms with Crippen LogP contribution in [0.15, 0.2) is 53.4 Å². The van der Waals surface area contributed by atoms with E-state index in [4.69, 9.17) is 11.6 Å². The van der Waals surface area contributed by atoms with E-state index >= 15 is 0 Å². The van der Waals surface area contributed by atoms with Crippen molar-refractivity contribution in [3.05, 3.63) is 59.1 Å². The van der Waals surface area contributed by atoms with Crippen molar-refractivity contribution in [2.24, 2.45) is 5.92 Å². The summed E-state index contributed by atoms with van der Waals surface area (Å²) < 4.78 is 27.3. The number of carbonyl (C=O) groups excluding carboxylic acids is 1. The predicted octanol–water partition coefficient (Wildman–Crippen LogP) is 4.06. The Morgan fingerprint density at radius 3 is 2.56 bits per heavy atom. The number of rotatable bonds is 6. The molecule has 3 rings (SSSR count). The van der Waals surface area contributed by atoms with Gasteiger partial charge < -0.3 is 5.32 Å². The molecule has 1 aliphatic rings. The zero-order valence-corrected chi connectivity index (χ0v) is 16.8. The first-order valence-corrected chi connectivity index (χ1v) is 10.8. The van der Waals surface area contributed by atoms with Crippen LogP contribution >= 0.6 is 11.6 Å². The fourth-order valence-corrected chi connectivity index (χ4v) is 4.81. The molecule has 0 radical (unpaired) electrons. The van der Waals surface area contributed by atoms with Gasteiger partial charge in [-0.25, -0.2) is 8.42 Å². The SMILES string of the molecule is CC1CCN(S(=O)(=O)c2cccc(C(=O)CNc3ccccc3Cl)c2)CC1. The Kier molecular flexibility index (Phi) is 6.19. The molecule has 0 saturated carbocycles. The maximum absolute atomic E-state index is 12.9. The second-order valence-electron chi connectivity index (χ2n) is 6.87. The first kappa shape index (κ1) is 19.9. The van der Waals surface area contributed by atoms with E-state index in [1.165, 1.54) is 10.4 Å². The van der Waals surface area contributed by atoms with E-state index in [1.54, 1.807) is 30.3 Å². The molecule has 27 heavy (non-hydrogen) atoms. The van der Waals surface area contributed by atoms with Gasteiger partial charge in [-0.05, 0) is 43.0 Å². The number of benzene rings is 2. The summed E-state index contributed by atoms with van der Waals surface area (Å²) in [4.78, 5) is 12.7. The first-order chi connectivity index (χ1) is 12.9. The highest BCUT2D eigenvalue weighted by atomic mass is 35.5. The number of piperidine rings is 1. The van der Waals surface area contributed by atoms with Gasteiger partial charge in [0.2, 0.25) is 10.0 Å². The normalized spacial score (nSPS) is 16.2. The summed E-state index contributed by atoms with van der Waals surface area (Å²) in [7, 11) is -3.58. The maximum Gasteiger partial charge on any atom is 0.243 e. The van der Waals surface area contributed by atoms with Crippen molar-refractivity contribution in [1.82, 2.24) is 4.31 Å². The highest BCUT2D eigenvalue weighted by molar-refractivity contribution is 7.89. The molecule has 0 atom stereocenters. The van der Waals surface area contributed by atoms with Gasteiger partial charge in [-0.1, -0.05) is 42.8 Å². The van der Waals surface area contributed by atoms with Crippen molar-refractivity contribution >= 4 is 33.1 Å². The second-order valence-corrected chi connectivity index (χ2v) is 9.22. The molecule has 0 bridgehead atoms. The van der Waals surface area contributed by atoms with Gasteiger partial charge in [0.05, 0.1) is 22.2 Å². The lowest BCUT2D eigenvalue weighted by molar-refractivity contribution is 0.101. The fraction of sp³-hybridized carbons (Fsp3) is 0.350. The first-order valence-electron chi connectivity index (χ1n) is 9.00. The van der Waals surface area contributed by atoms with Crippen LogP contribution in [0.4, 0.5) is 5.69 Å². The van der Waals surface area contributed by atoms with Crippen molar-refractivity contribution < 1.29 is 13.2 Å². The quantitative estimate of drug-likeness (QED) is 0.735. The summed E-state index contributed by atoms with van der Waals surface area (Å²) in [6.07, 6.45) is 1.72. The summed E-state index contributed by atoms with van der Waals surface area (Å²) in [6, 6.07) is 13.4. The number of nitrogens with one attached hydrogen (secondary N) is 1. The van der Waals surface area contributed by atoms with Gasteiger partial charge in [-0.15, -0.1) is 0 Å². The summed E-state index contributed by atoms with van der Waals surface area (Å²) in [6.45, 7) is 3.22. The van der Waals surface area contributed by atoms with E-state index in [9.17, 15) is 13.2 Å². The number of halogens is 1. The number of ketones is 1. The minimum atomic E-state index is -3.58. The standard InChI is InChI=1S/C20H23ClN2O3S/c1-15-9-11-23(12-10-15)27(25,26)17-6-4-5-16(13-17)20(24)14-22-19-8-3-2-7-18(19)21/h2-8,13,15,22H,9-12,14H2,1H3. The topological polar surface area (TPSA) is 66.5 Å². The maximum atomic E-state index is 12.9. The molecule has 1 N–H and O–H groups in total. The molecule has 2 aromatic rings. The Morgan fingerprint density at radius 1 is 1.15 bits per heavy atom. The minimum absolute atomic E-state index is 0.0362. The Hall–Kier alpha value is -1.89. The van der Waals surface area contributed by atoms with E-state index in [2.05, 4.69) is 12.2 Å². The minimum Gasteiger partial charge on any atom is -0.376 e. The van der Waals surface area contributed by atoms with Crippen molar-refractivity contribution in [3.8, 4) is 0 Å². The third-order valence-electron chi connectivity index (χ3n) is 4.85. The molecule has 1 saturated heterocycles. The molecular weight excluding hydrogens is 384 g/mol. The fourth-order valence-electron chi connectivity index (χ4n) is 3.09. The van der Waals surface area contributed by atoms with E-state index in [0.29, 0.717) is 35.3 Å². The van der Waals surface area contributed by atoms with E-state index in [-0.39, 0.29) is 17.2 Å². The van der Waals surface area contributed by atoms with Crippen LogP contribution in [0.3, 0.4) is 0 Å². The van der Waals surface area contributed by atoms with Crippen molar-refractivity contribution in [2.75, 3.05) is 25.0 Å². The summed E-state index contributed by atoms with van der Waals surface area (Å²) in [5.74, 6) is 0.347. The van der Waals surface area contributed by atoms with Crippen molar-refractivity contribution in [3.63, 3.8) is 0 Å². The van der Waals surface area contributed by atoms with Crippen LogP contribution in [0.25, 0.3) is 0 Å². The number of Topliss-reactive ketones (excluding diaryl/α,β-unsaturated/α-hetero) is 1. The van der Waals surface area contributed by atoms with Crippen LogP contribution in [0.1, 0.15) is 30.1 Å². The number of anilines is 1. The summed E-state index contributed by atoms with van der Waals surface area (Å²) in [5.41, 5.74) is 1.03. The molecule has 1 aliphatic heterocycles. The number of nitrogens with zero attached hydrogens (tertiary/aromatic N) is 1. The van der Waals surface area contributed by atoms with Crippen LogP contribution in [0, 0.1) is 5.92 Å². The number of carbonyl (C=O) groups is 1. The second kappa shape index (κ2) is 8.42. The molecule has 0 aromatic heterocycles. The van der Waals surface area contributed by atoms with Gasteiger partial charge in [-0.3, -0.25) is 4.79 Å². The van der Waals surface area contributed by atoms with E-state index in [0.717, 1.165) is 12.8 Å². The Bertz CT molecular complexity index is 922. The molecular formula is C20H23ClN2O3S. The van der Waals surface area contributed by atoms with Crippen LogP contribution in [0.5, 0.6) is 0 Å². The van der Waals surface area contributed by atoms with Crippen molar-refractivity contribution in [2.45, 2.75) is 24.7 Å². The summed E-state index contributed by atoms with van der Waals surface area (Å²) in [5, 5.41) is 3.52. The van der Waals surface area contributed by atoms with Crippen LogP contribution in [-0.4, -0.2) is 38.1 Å². The average molecular weight is 407 g/mol. The van der Waals surface area contributed by atoms with Crippen LogP contribution < -0.4 is 5.32 Å². The molecule has 0 unspecified atom stereocenters. The molecule has 7 heteroatoms. The molecule has 1 fully saturated rings. The van der Waals surface area contributed by atoms with Crippen molar-refractivity contribution in [1.29, 1.82) is 0 Å². The lowest BCUT2D eigenvalue weighted by atomic mass is 10.0. The van der Waals surface area contributed by atoms with Crippen LogP contribution in [0.2, 0.25) is 5.02 Å². The number of hydrogen-bond acceptors (Lipinski definition) is 4. The van der Waals surface area contributed by atoms with Gasteiger partial charge in [-0.2, -0.15) is 4.31 Å². The number of hydrogen-bond donors (Lipinski definition) is 1. The van der Waals surface area contributed by atoms with Crippen LogP contribution in [-0.2, 0) is 10.0 Å². The molecule has 144 valence electrons. The Morgan fingerprint density at radius 2 is 1.85 bits per heavy atom. The molecule has 0 amide bonds. The van der Waals surface area contributed by atoms with E-state index < -0.39 is 10.0 Å². The monoisotopic (exact) mass is 406 g/mol. The zero-order valence-electron chi connectivity index (χ0n) is 15.2. The van der Waals surface area contributed by atoms with Gasteiger partial charge in [0, 0.05) is 18.7 Å². The molecule has 2 aromatic carbocycles. The molecule has 0 aliphatic carbocycles. The van der Waals surface area contributed by atoms with E-state index in [1.807, 2.05) is 12.1 Å². The van der Waals surface area contributed by atoms with Gasteiger partial charge in [0.1, 0.15) is 0 Å². The third kappa shape index (κ3) is 4.69. The third-order valence-corrected chi connectivity index (χ3v) is 7.07. The zero-order chi connectivity index (χ0) is 19.4. The number of para-hydroxylation sites is 1. The molecule has 1 heterocycles. The number of sulfonamides is 1. The lowest BCUT2D eigenvalue weighted by Crippen LogP contribution is -2.37. The molecule has 0 spiro atoms. The van der Waals surface area contributed by atoms with Gasteiger partial charge >= 0.3 is 0 Å². The Labute approximate surface area is 165 Å². The average Bonchev–Trinajstić information content (AvgIpc) is 2.67. The predicted molar refractivity (Wildman–Crippen MR) is 108 cm³/mol. The smallest absolute Gasteiger partial charge is 0.243 e. The molecule has 5 nitrogen and oxygen atoms in total. The largest absolute Gasteiger partial charge is 0.376 e.